The van der Waals surface area contributed by atoms with Crippen LogP contribution in [-0.4, -0.2) is 44.5 Å². The summed E-state index contributed by atoms with van der Waals surface area (Å²) in [5.41, 5.74) is 5.08. The van der Waals surface area contributed by atoms with E-state index in [1.54, 1.807) is 7.11 Å². The molecule has 10 heteroatoms. The van der Waals surface area contributed by atoms with Crippen LogP contribution in [0.2, 0.25) is 0 Å². The lowest BCUT2D eigenvalue weighted by Gasteiger charge is -2.16. The van der Waals surface area contributed by atoms with E-state index in [9.17, 15) is 13.6 Å². The van der Waals surface area contributed by atoms with Gasteiger partial charge in [-0.05, 0) is 37.3 Å². The zero-order valence-electron chi connectivity index (χ0n) is 13.4. The van der Waals surface area contributed by atoms with Gasteiger partial charge in [0, 0.05) is 18.7 Å². The van der Waals surface area contributed by atoms with Crippen LogP contribution in [0.1, 0.15) is 17.3 Å². The third-order valence-electron chi connectivity index (χ3n) is 2.73. The number of thiocarbonyl (C=S) groups is 1. The van der Waals surface area contributed by atoms with Gasteiger partial charge in [-0.2, -0.15) is 8.78 Å². The molecule has 1 rings (SSSR count). The van der Waals surface area contributed by atoms with E-state index in [-0.39, 0.29) is 28.2 Å². The summed E-state index contributed by atoms with van der Waals surface area (Å²) in [5, 5.41) is 3.10. The average molecular weight is 363 g/mol. The highest BCUT2D eigenvalue weighted by atomic mass is 32.1. The van der Waals surface area contributed by atoms with Gasteiger partial charge >= 0.3 is 6.61 Å². The molecule has 0 aliphatic heterocycles. The first-order valence-electron chi connectivity index (χ1n) is 6.86. The lowest BCUT2D eigenvalue weighted by molar-refractivity contribution is -0.0512. The second kappa shape index (κ2) is 9.83. The number of hydrogen-bond acceptors (Lipinski definition) is 5. The fourth-order valence-electron chi connectivity index (χ4n) is 1.74. The third-order valence-corrected chi connectivity index (χ3v) is 2.95. The second-order valence-electron chi connectivity index (χ2n) is 4.65. The van der Waals surface area contributed by atoms with Gasteiger partial charge in [-0.1, -0.05) is 0 Å². The fourth-order valence-corrected chi connectivity index (χ4v) is 1.99. The van der Waals surface area contributed by atoms with Crippen LogP contribution in [0, 0.1) is 0 Å². The summed E-state index contributed by atoms with van der Waals surface area (Å²) in [4.78, 5) is 12.0. The Kier molecular flexibility index (Phi) is 8.13. The Hall–Kier alpha value is -2.20. The minimum absolute atomic E-state index is 0.0115. The summed E-state index contributed by atoms with van der Waals surface area (Å²) < 4.78 is 38.7. The van der Waals surface area contributed by atoms with E-state index in [4.69, 9.17) is 21.7 Å². The Labute approximate surface area is 143 Å². The molecule has 1 aromatic rings. The topological polar surface area (TPSA) is 80.9 Å². The van der Waals surface area contributed by atoms with Gasteiger partial charge in [0.05, 0.1) is 13.7 Å². The normalized spacial score (nSPS) is 11.6. The number of benzene rings is 1. The molecule has 0 heterocycles. The van der Waals surface area contributed by atoms with E-state index in [1.165, 1.54) is 25.3 Å². The quantitative estimate of drug-likeness (QED) is 0.500. The van der Waals surface area contributed by atoms with E-state index >= 15 is 0 Å². The van der Waals surface area contributed by atoms with Gasteiger partial charge in [0.2, 0.25) is 0 Å². The number of rotatable bonds is 7. The summed E-state index contributed by atoms with van der Waals surface area (Å²) in [6.07, 6.45) is 0. The predicted molar refractivity (Wildman–Crippen MR) is 87.3 cm³/mol. The van der Waals surface area contributed by atoms with Gasteiger partial charge in [0.1, 0.15) is 0 Å². The molecule has 0 fully saturated rings. The Morgan fingerprint density at radius 1 is 1.25 bits per heavy atom. The molecule has 24 heavy (non-hydrogen) atoms. The van der Waals surface area contributed by atoms with Crippen molar-refractivity contribution in [3.8, 4) is 11.5 Å². The highest BCUT2D eigenvalue weighted by Crippen LogP contribution is 2.29. The van der Waals surface area contributed by atoms with Crippen molar-refractivity contribution in [1.29, 1.82) is 0 Å². The summed E-state index contributed by atoms with van der Waals surface area (Å²) in [5.74, 6) is -0.680. The van der Waals surface area contributed by atoms with Crippen molar-refractivity contribution in [2.45, 2.75) is 19.6 Å². The Balaban J connectivity index is 2.63. The van der Waals surface area contributed by atoms with E-state index in [0.29, 0.717) is 6.61 Å². The predicted octanol–water partition coefficient (Wildman–Crippen LogP) is 1.44. The first-order chi connectivity index (χ1) is 11.4. The number of ether oxygens (including phenoxy) is 3. The maximum atomic E-state index is 12.3. The molecule has 0 aliphatic rings. The molecule has 0 saturated heterocycles. The average Bonchev–Trinajstić information content (AvgIpc) is 2.52. The molecule has 1 aromatic carbocycles. The minimum atomic E-state index is -2.99. The van der Waals surface area contributed by atoms with Crippen molar-refractivity contribution in [3.63, 3.8) is 0 Å². The molecule has 134 valence electrons. The fraction of sp³-hybridized carbons (Fsp3) is 0.429. The zero-order chi connectivity index (χ0) is 18.1. The zero-order valence-corrected chi connectivity index (χ0v) is 14.2. The van der Waals surface area contributed by atoms with Crippen molar-refractivity contribution in [1.82, 2.24) is 16.2 Å². The van der Waals surface area contributed by atoms with Crippen LogP contribution in [0.4, 0.5) is 8.78 Å². The van der Waals surface area contributed by atoms with Crippen LogP contribution in [0.25, 0.3) is 0 Å². The molecular formula is C14H19F2N3O4S. The van der Waals surface area contributed by atoms with Crippen molar-refractivity contribution < 1.29 is 27.8 Å². The van der Waals surface area contributed by atoms with Crippen LogP contribution in [0.15, 0.2) is 18.2 Å². The molecule has 7 nitrogen and oxygen atoms in total. The van der Waals surface area contributed by atoms with Gasteiger partial charge in [0.25, 0.3) is 5.91 Å². The highest BCUT2D eigenvalue weighted by Gasteiger charge is 2.14. The van der Waals surface area contributed by atoms with Crippen molar-refractivity contribution in [2.24, 2.45) is 0 Å². The van der Waals surface area contributed by atoms with Gasteiger partial charge in [-0.25, -0.2) is 0 Å². The Bertz CT molecular complexity index is 575. The lowest BCUT2D eigenvalue weighted by Crippen LogP contribution is -2.49. The molecule has 0 spiro atoms. The maximum Gasteiger partial charge on any atom is 0.387 e. The number of nitrogens with one attached hydrogen (secondary N) is 3. The number of hydrazine groups is 1. The lowest BCUT2D eigenvalue weighted by atomic mass is 10.2. The Morgan fingerprint density at radius 3 is 2.54 bits per heavy atom. The van der Waals surface area contributed by atoms with Crippen LogP contribution in [-0.2, 0) is 4.74 Å². The smallest absolute Gasteiger partial charge is 0.387 e. The van der Waals surface area contributed by atoms with E-state index in [2.05, 4.69) is 20.9 Å². The number of carbonyl (C=O) groups is 1. The molecular weight excluding hydrogens is 344 g/mol. The molecule has 0 radical (unpaired) electrons. The third kappa shape index (κ3) is 6.50. The highest BCUT2D eigenvalue weighted by molar-refractivity contribution is 7.80. The number of alkyl halides is 2. The van der Waals surface area contributed by atoms with E-state index in [1.807, 2.05) is 6.92 Å². The monoisotopic (exact) mass is 363 g/mol. The number of halogens is 2. The first kappa shape index (κ1) is 19.8. The van der Waals surface area contributed by atoms with E-state index in [0.717, 1.165) is 0 Å². The van der Waals surface area contributed by atoms with E-state index < -0.39 is 12.5 Å². The van der Waals surface area contributed by atoms with Crippen molar-refractivity contribution >= 4 is 23.2 Å². The summed E-state index contributed by atoms with van der Waals surface area (Å²) in [6, 6.07) is 3.77. The standard InChI is InChI=1S/C14H19F2N3O4S/c1-8(7-21-2)17-14(24)19-18-12(20)9-4-5-10(23-13(15)16)11(6-9)22-3/h4-6,8,13H,7H2,1-3H3,(H,18,20)(H2,17,19,24)/t8-/m0/s1. The largest absolute Gasteiger partial charge is 0.493 e. The van der Waals surface area contributed by atoms with Crippen molar-refractivity contribution in [2.75, 3.05) is 20.8 Å². The number of amides is 1. The van der Waals surface area contributed by atoms with Crippen molar-refractivity contribution in [3.05, 3.63) is 23.8 Å². The molecule has 0 saturated carbocycles. The van der Waals surface area contributed by atoms with Gasteiger partial charge in [-0.15, -0.1) is 0 Å². The number of methoxy groups -OCH3 is 2. The van der Waals surface area contributed by atoms with Gasteiger partial charge in [-0.3, -0.25) is 15.6 Å². The summed E-state index contributed by atoms with van der Waals surface area (Å²) in [6.45, 7) is -0.692. The summed E-state index contributed by atoms with van der Waals surface area (Å²) >= 11 is 5.01. The molecule has 1 amide bonds. The van der Waals surface area contributed by atoms with Gasteiger partial charge < -0.3 is 19.5 Å². The van der Waals surface area contributed by atoms with Crippen LogP contribution in [0.5, 0.6) is 11.5 Å². The SMILES string of the molecule is COC[C@H](C)NC(=S)NNC(=O)c1ccc(OC(F)F)c(OC)c1. The minimum Gasteiger partial charge on any atom is -0.493 e. The molecule has 0 unspecified atom stereocenters. The van der Waals surface area contributed by atoms with Crippen LogP contribution >= 0.6 is 12.2 Å². The molecule has 0 aromatic heterocycles. The Morgan fingerprint density at radius 2 is 1.96 bits per heavy atom. The summed E-state index contributed by atoms with van der Waals surface area (Å²) in [7, 11) is 2.84. The molecule has 3 N–H and O–H groups in total. The molecule has 0 aliphatic carbocycles. The maximum absolute atomic E-state index is 12.3. The number of carbonyl (C=O) groups excluding carboxylic acids is 1. The molecule has 0 bridgehead atoms. The second-order valence-corrected chi connectivity index (χ2v) is 5.06. The van der Waals surface area contributed by atoms with Gasteiger partial charge in [0.15, 0.2) is 16.6 Å². The van der Waals surface area contributed by atoms with Crippen LogP contribution < -0.4 is 25.6 Å². The number of hydrogen-bond donors (Lipinski definition) is 3. The molecule has 1 atom stereocenters. The van der Waals surface area contributed by atoms with Crippen LogP contribution in [0.3, 0.4) is 0 Å². The first-order valence-corrected chi connectivity index (χ1v) is 7.26.